The summed E-state index contributed by atoms with van der Waals surface area (Å²) in [6, 6.07) is 3.12. The molecule has 0 bridgehead atoms. The maximum absolute atomic E-state index is 13.8. The van der Waals surface area contributed by atoms with Crippen molar-refractivity contribution in [3.8, 4) is 6.07 Å². The van der Waals surface area contributed by atoms with Crippen LogP contribution in [0.4, 0.5) is 8.78 Å². The monoisotopic (exact) mass is 267 g/mol. The third-order valence-electron chi connectivity index (χ3n) is 2.43. The number of hydrogen-bond acceptors (Lipinski definition) is 4. The molecule has 4 nitrogen and oxygen atoms in total. The predicted octanol–water partition coefficient (Wildman–Crippen LogP) is 2.07. The Morgan fingerprint density at radius 2 is 1.89 bits per heavy atom. The van der Waals surface area contributed by atoms with Gasteiger partial charge in [0, 0.05) is 5.56 Å². The fourth-order valence-corrected chi connectivity index (χ4v) is 1.64. The summed E-state index contributed by atoms with van der Waals surface area (Å²) in [5.41, 5.74) is -0.921. The van der Waals surface area contributed by atoms with Gasteiger partial charge in [0.1, 0.15) is 23.3 Å². The fraction of sp³-hybridized carbons (Fsp3) is 0.308. The Labute approximate surface area is 108 Å². The lowest BCUT2D eigenvalue weighted by Gasteiger charge is -2.14. The molecular formula is C13H11F2NO3. The van der Waals surface area contributed by atoms with Crippen LogP contribution < -0.4 is 0 Å². The summed E-state index contributed by atoms with van der Waals surface area (Å²) in [5.74, 6) is -5.65. The number of ether oxygens (including phenoxy) is 1. The molecule has 0 radical (unpaired) electrons. The number of Topliss-reactive ketones (excluding diaryl/α,β-unsaturated/α-hetero) is 1. The summed E-state index contributed by atoms with van der Waals surface area (Å²) in [4.78, 5) is 23.0. The third-order valence-corrected chi connectivity index (χ3v) is 2.43. The van der Waals surface area contributed by atoms with Crippen LogP contribution in [0.25, 0.3) is 0 Å². The second kappa shape index (κ2) is 6.05. The Hall–Kier alpha value is -2.29. The fourth-order valence-electron chi connectivity index (χ4n) is 1.64. The molecule has 6 heteroatoms. The first-order valence-corrected chi connectivity index (χ1v) is 5.48. The van der Waals surface area contributed by atoms with Gasteiger partial charge in [-0.15, -0.1) is 0 Å². The third kappa shape index (κ3) is 3.13. The Kier molecular flexibility index (Phi) is 4.70. The maximum atomic E-state index is 13.8. The van der Waals surface area contributed by atoms with E-state index < -0.39 is 34.9 Å². The number of carbonyl (C=O) groups is 2. The first kappa shape index (κ1) is 14.8. The number of nitrogens with zero attached hydrogens (tertiary/aromatic N) is 1. The molecule has 0 amide bonds. The summed E-state index contributed by atoms with van der Waals surface area (Å²) >= 11 is 0. The zero-order valence-corrected chi connectivity index (χ0v) is 10.4. The zero-order chi connectivity index (χ0) is 14.6. The number of rotatable bonds is 4. The molecule has 0 aliphatic carbocycles. The van der Waals surface area contributed by atoms with Gasteiger partial charge in [0.2, 0.25) is 0 Å². The number of carbonyl (C=O) groups excluding carboxylic acids is 2. The molecule has 1 unspecified atom stereocenters. The van der Waals surface area contributed by atoms with E-state index in [0.29, 0.717) is 0 Å². The van der Waals surface area contributed by atoms with Crippen LogP contribution >= 0.6 is 0 Å². The zero-order valence-electron chi connectivity index (χ0n) is 10.4. The molecule has 0 saturated carbocycles. The highest BCUT2D eigenvalue weighted by Crippen LogP contribution is 2.26. The van der Waals surface area contributed by atoms with Crippen LogP contribution in [-0.4, -0.2) is 18.4 Å². The highest BCUT2D eigenvalue weighted by molar-refractivity contribution is 6.03. The maximum Gasteiger partial charge on any atom is 0.321 e. The lowest BCUT2D eigenvalue weighted by Crippen LogP contribution is -2.24. The predicted molar refractivity (Wildman–Crippen MR) is 61.1 cm³/mol. The molecule has 0 fully saturated rings. The summed E-state index contributed by atoms with van der Waals surface area (Å²) in [6.07, 6.45) is 0. The first-order chi connectivity index (χ1) is 8.92. The second-order valence-electron chi connectivity index (χ2n) is 3.76. The normalized spacial score (nSPS) is 11.5. The molecule has 0 aromatic heterocycles. The first-order valence-electron chi connectivity index (χ1n) is 5.48. The van der Waals surface area contributed by atoms with Crippen molar-refractivity contribution < 1.29 is 23.1 Å². The molecule has 0 aliphatic heterocycles. The molecule has 100 valence electrons. The molecule has 0 spiro atoms. The van der Waals surface area contributed by atoms with E-state index in [1.165, 1.54) is 6.92 Å². The molecule has 0 heterocycles. The van der Waals surface area contributed by atoms with Gasteiger partial charge in [0.15, 0.2) is 0 Å². The van der Waals surface area contributed by atoms with Gasteiger partial charge in [-0.2, -0.15) is 5.26 Å². The van der Waals surface area contributed by atoms with Crippen molar-refractivity contribution in [3.05, 3.63) is 34.9 Å². The number of nitriles is 1. The van der Waals surface area contributed by atoms with Crippen molar-refractivity contribution in [2.45, 2.75) is 19.8 Å². The van der Waals surface area contributed by atoms with Crippen LogP contribution in [0.1, 0.15) is 30.9 Å². The van der Waals surface area contributed by atoms with Crippen molar-refractivity contribution in [2.75, 3.05) is 6.61 Å². The minimum absolute atomic E-state index is 0.0118. The van der Waals surface area contributed by atoms with Crippen molar-refractivity contribution in [1.82, 2.24) is 0 Å². The number of ketones is 1. The Bertz CT molecular complexity index is 540. The average Bonchev–Trinajstić information content (AvgIpc) is 2.32. The topological polar surface area (TPSA) is 67.2 Å². The molecule has 1 aromatic carbocycles. The van der Waals surface area contributed by atoms with Gasteiger partial charge in [-0.25, -0.2) is 8.78 Å². The largest absolute Gasteiger partial charge is 0.465 e. The molecule has 0 N–H and O–H groups in total. The number of hydrogen-bond donors (Lipinski definition) is 0. The smallest absolute Gasteiger partial charge is 0.321 e. The summed E-state index contributed by atoms with van der Waals surface area (Å²) in [6.45, 7) is 2.54. The summed E-state index contributed by atoms with van der Waals surface area (Å²) in [7, 11) is 0. The Morgan fingerprint density at radius 3 is 2.26 bits per heavy atom. The summed E-state index contributed by atoms with van der Waals surface area (Å²) < 4.78 is 32.1. The van der Waals surface area contributed by atoms with Gasteiger partial charge in [-0.3, -0.25) is 9.59 Å². The SMILES string of the molecule is CCOC(=O)C(C(C)=O)c1c(F)cc(C#N)cc1F. The Morgan fingerprint density at radius 1 is 1.37 bits per heavy atom. The lowest BCUT2D eigenvalue weighted by atomic mass is 9.93. The summed E-state index contributed by atoms with van der Waals surface area (Å²) in [5, 5.41) is 8.58. The van der Waals surface area contributed by atoms with Crippen molar-refractivity contribution >= 4 is 11.8 Å². The van der Waals surface area contributed by atoms with Crippen molar-refractivity contribution in [1.29, 1.82) is 5.26 Å². The van der Waals surface area contributed by atoms with Crippen molar-refractivity contribution in [3.63, 3.8) is 0 Å². The van der Waals surface area contributed by atoms with Crippen LogP contribution in [-0.2, 0) is 14.3 Å². The number of esters is 1. The van der Waals surface area contributed by atoms with Gasteiger partial charge in [0.05, 0.1) is 18.2 Å². The van der Waals surface area contributed by atoms with Crippen LogP contribution in [0.15, 0.2) is 12.1 Å². The van der Waals surface area contributed by atoms with Gasteiger partial charge in [0.25, 0.3) is 0 Å². The number of benzene rings is 1. The molecule has 19 heavy (non-hydrogen) atoms. The van der Waals surface area contributed by atoms with Gasteiger partial charge >= 0.3 is 5.97 Å². The molecule has 1 atom stereocenters. The van der Waals surface area contributed by atoms with Crippen LogP contribution in [0.3, 0.4) is 0 Å². The average molecular weight is 267 g/mol. The quantitative estimate of drug-likeness (QED) is 0.618. The van der Waals surface area contributed by atoms with E-state index in [1.807, 2.05) is 0 Å². The van der Waals surface area contributed by atoms with Crippen molar-refractivity contribution in [2.24, 2.45) is 0 Å². The Balaban J connectivity index is 3.36. The standard InChI is InChI=1S/C13H11F2NO3/c1-3-19-13(18)11(7(2)17)12-9(14)4-8(6-16)5-10(12)15/h4-5,11H,3H2,1-2H3. The number of halogens is 2. The molecule has 1 rings (SSSR count). The van der Waals surface area contributed by atoms with E-state index in [4.69, 9.17) is 5.26 Å². The van der Waals surface area contributed by atoms with Crippen LogP contribution in [0.5, 0.6) is 0 Å². The van der Waals surface area contributed by atoms with Gasteiger partial charge in [-0.1, -0.05) is 0 Å². The highest BCUT2D eigenvalue weighted by Gasteiger charge is 2.32. The van der Waals surface area contributed by atoms with E-state index in [1.54, 1.807) is 6.07 Å². The van der Waals surface area contributed by atoms with E-state index in [2.05, 4.69) is 4.74 Å². The molecular weight excluding hydrogens is 256 g/mol. The second-order valence-corrected chi connectivity index (χ2v) is 3.76. The molecule has 0 saturated heterocycles. The van der Waals surface area contributed by atoms with E-state index in [0.717, 1.165) is 19.1 Å². The minimum atomic E-state index is -1.66. The van der Waals surface area contributed by atoms with E-state index >= 15 is 0 Å². The van der Waals surface area contributed by atoms with Crippen LogP contribution in [0.2, 0.25) is 0 Å². The highest BCUT2D eigenvalue weighted by atomic mass is 19.1. The molecule has 0 aliphatic rings. The van der Waals surface area contributed by atoms with E-state index in [9.17, 15) is 18.4 Å². The van der Waals surface area contributed by atoms with E-state index in [-0.39, 0.29) is 12.2 Å². The van der Waals surface area contributed by atoms with Gasteiger partial charge < -0.3 is 4.74 Å². The lowest BCUT2D eigenvalue weighted by molar-refractivity contribution is -0.147. The van der Waals surface area contributed by atoms with Gasteiger partial charge in [-0.05, 0) is 26.0 Å². The molecule has 1 aromatic rings. The minimum Gasteiger partial charge on any atom is -0.465 e. The van der Waals surface area contributed by atoms with Crippen LogP contribution in [0, 0.1) is 23.0 Å².